The molecule has 0 heterocycles. The van der Waals surface area contributed by atoms with Crippen molar-refractivity contribution >= 4 is 11.9 Å². The first kappa shape index (κ1) is 14.1. The van der Waals surface area contributed by atoms with Crippen LogP contribution in [0.2, 0.25) is 0 Å². The van der Waals surface area contributed by atoms with Gasteiger partial charge in [0.05, 0.1) is 0 Å². The van der Waals surface area contributed by atoms with E-state index in [0.29, 0.717) is 13.2 Å². The lowest BCUT2D eigenvalue weighted by molar-refractivity contribution is -0.173. The maximum absolute atomic E-state index is 11.2. The van der Waals surface area contributed by atoms with E-state index >= 15 is 0 Å². The van der Waals surface area contributed by atoms with Crippen molar-refractivity contribution in [1.82, 2.24) is 0 Å². The summed E-state index contributed by atoms with van der Waals surface area (Å²) in [6, 6.07) is 0. The van der Waals surface area contributed by atoms with Crippen LogP contribution in [-0.4, -0.2) is 37.4 Å². The average molecular weight is 218 g/mol. The van der Waals surface area contributed by atoms with Gasteiger partial charge in [-0.2, -0.15) is 0 Å². The Kier molecular flexibility index (Phi) is 6.90. The smallest absolute Gasteiger partial charge is 0.342 e. The molecule has 0 aliphatic rings. The van der Waals surface area contributed by atoms with Crippen LogP contribution in [0.3, 0.4) is 0 Å². The van der Waals surface area contributed by atoms with Crippen molar-refractivity contribution in [3.63, 3.8) is 0 Å². The fourth-order valence-electron chi connectivity index (χ4n) is 0.901. The van der Waals surface area contributed by atoms with E-state index in [1.807, 2.05) is 0 Å². The summed E-state index contributed by atoms with van der Waals surface area (Å²) in [6.07, 6.45) is -1.46. The molecular formula is C10H18O5. The lowest BCUT2D eigenvalue weighted by Crippen LogP contribution is -2.31. The van der Waals surface area contributed by atoms with Gasteiger partial charge in [0.25, 0.3) is 0 Å². The summed E-state index contributed by atoms with van der Waals surface area (Å²) in [4.78, 5) is 22.5. The summed E-state index contributed by atoms with van der Waals surface area (Å²) < 4.78 is 14.5. The molecule has 0 spiro atoms. The van der Waals surface area contributed by atoms with Crippen LogP contribution in [0, 0.1) is 0 Å². The van der Waals surface area contributed by atoms with Crippen LogP contribution >= 0.6 is 0 Å². The maximum Gasteiger partial charge on any atom is 0.342 e. The predicted octanol–water partition coefficient (Wildman–Crippen LogP) is 0.906. The highest BCUT2D eigenvalue weighted by Gasteiger charge is 2.22. The molecule has 0 radical (unpaired) electrons. The van der Waals surface area contributed by atoms with Gasteiger partial charge in [0.2, 0.25) is 0 Å². The number of carbonyl (C=O) groups excluding carboxylic acids is 2. The number of esters is 2. The third-order valence-electron chi connectivity index (χ3n) is 1.70. The van der Waals surface area contributed by atoms with E-state index in [0.717, 1.165) is 0 Å². The largest absolute Gasteiger partial charge is 0.389 e. The highest BCUT2D eigenvalue weighted by atomic mass is 16.6. The Hall–Kier alpha value is -0.940. The molecule has 5 nitrogen and oxygen atoms in total. The van der Waals surface area contributed by atoms with Crippen LogP contribution in [0.5, 0.6) is 0 Å². The SMILES string of the molecule is CCOC(C)C(=O)OC(=O)C(C)OCC. The van der Waals surface area contributed by atoms with Crippen molar-refractivity contribution in [2.45, 2.75) is 39.9 Å². The number of carbonyl (C=O) groups is 2. The monoisotopic (exact) mass is 218 g/mol. The molecule has 0 bridgehead atoms. The van der Waals surface area contributed by atoms with Crippen LogP contribution < -0.4 is 0 Å². The van der Waals surface area contributed by atoms with Gasteiger partial charge in [0.15, 0.2) is 12.2 Å². The lowest BCUT2D eigenvalue weighted by Gasteiger charge is -2.13. The summed E-state index contributed by atoms with van der Waals surface area (Å²) in [5.41, 5.74) is 0. The summed E-state index contributed by atoms with van der Waals surface area (Å²) in [7, 11) is 0. The Morgan fingerprint density at radius 1 is 0.933 bits per heavy atom. The molecular weight excluding hydrogens is 200 g/mol. The molecule has 0 aliphatic heterocycles. The van der Waals surface area contributed by atoms with Crippen LogP contribution in [0.15, 0.2) is 0 Å². The van der Waals surface area contributed by atoms with Crippen molar-refractivity contribution in [2.24, 2.45) is 0 Å². The van der Waals surface area contributed by atoms with Gasteiger partial charge in [-0.05, 0) is 27.7 Å². The second-order valence-corrected chi connectivity index (χ2v) is 2.94. The minimum Gasteiger partial charge on any atom is -0.389 e. The first-order valence-corrected chi connectivity index (χ1v) is 5.01. The van der Waals surface area contributed by atoms with Crippen molar-refractivity contribution in [3.8, 4) is 0 Å². The second kappa shape index (κ2) is 7.36. The molecule has 15 heavy (non-hydrogen) atoms. The van der Waals surface area contributed by atoms with Gasteiger partial charge in [-0.15, -0.1) is 0 Å². The van der Waals surface area contributed by atoms with Crippen LogP contribution in [0.1, 0.15) is 27.7 Å². The number of rotatable bonds is 6. The summed E-state index contributed by atoms with van der Waals surface area (Å²) in [5, 5.41) is 0. The Morgan fingerprint density at radius 3 is 1.53 bits per heavy atom. The normalized spacial score (nSPS) is 14.4. The van der Waals surface area contributed by atoms with E-state index in [4.69, 9.17) is 9.47 Å². The Balaban J connectivity index is 4.00. The Bertz CT molecular complexity index is 192. The molecule has 0 rings (SSSR count). The zero-order valence-electron chi connectivity index (χ0n) is 9.61. The van der Waals surface area contributed by atoms with Crippen molar-refractivity contribution in [3.05, 3.63) is 0 Å². The average Bonchev–Trinajstić information content (AvgIpc) is 2.18. The van der Waals surface area contributed by atoms with Crippen LogP contribution in [0.4, 0.5) is 0 Å². The topological polar surface area (TPSA) is 61.8 Å². The van der Waals surface area contributed by atoms with Gasteiger partial charge >= 0.3 is 11.9 Å². The fraction of sp³-hybridized carbons (Fsp3) is 0.800. The van der Waals surface area contributed by atoms with Crippen molar-refractivity contribution in [2.75, 3.05) is 13.2 Å². The summed E-state index contributed by atoms with van der Waals surface area (Å²) in [5.74, 6) is -1.37. The molecule has 0 aromatic carbocycles. The minimum atomic E-state index is -0.729. The van der Waals surface area contributed by atoms with Gasteiger partial charge in [-0.3, -0.25) is 0 Å². The summed E-state index contributed by atoms with van der Waals surface area (Å²) >= 11 is 0. The van der Waals surface area contributed by atoms with Gasteiger partial charge in [0, 0.05) is 13.2 Å². The van der Waals surface area contributed by atoms with Crippen molar-refractivity contribution in [1.29, 1.82) is 0 Å². The van der Waals surface area contributed by atoms with Crippen LogP contribution in [-0.2, 0) is 23.8 Å². The molecule has 0 aliphatic carbocycles. The molecule has 0 aromatic rings. The van der Waals surface area contributed by atoms with Gasteiger partial charge in [-0.1, -0.05) is 0 Å². The van der Waals surface area contributed by atoms with Crippen LogP contribution in [0.25, 0.3) is 0 Å². The third-order valence-corrected chi connectivity index (χ3v) is 1.70. The maximum atomic E-state index is 11.2. The number of hydrogen-bond acceptors (Lipinski definition) is 5. The molecule has 2 unspecified atom stereocenters. The van der Waals surface area contributed by atoms with E-state index in [1.165, 1.54) is 13.8 Å². The molecule has 0 fully saturated rings. The van der Waals surface area contributed by atoms with Gasteiger partial charge in [0.1, 0.15) is 0 Å². The minimum absolute atomic E-state index is 0.394. The molecule has 0 N–H and O–H groups in total. The third kappa shape index (κ3) is 5.49. The zero-order chi connectivity index (χ0) is 11.8. The molecule has 2 atom stereocenters. The molecule has 0 amide bonds. The Labute approximate surface area is 89.7 Å². The van der Waals surface area contributed by atoms with E-state index in [2.05, 4.69) is 4.74 Å². The molecule has 88 valence electrons. The highest BCUT2D eigenvalue weighted by Crippen LogP contribution is 1.99. The summed E-state index contributed by atoms with van der Waals surface area (Å²) in [6.45, 7) is 7.37. The predicted molar refractivity (Wildman–Crippen MR) is 53.3 cm³/mol. The van der Waals surface area contributed by atoms with Gasteiger partial charge < -0.3 is 14.2 Å². The van der Waals surface area contributed by atoms with E-state index in [9.17, 15) is 9.59 Å². The Morgan fingerprint density at radius 2 is 1.27 bits per heavy atom. The van der Waals surface area contributed by atoms with E-state index in [1.54, 1.807) is 13.8 Å². The van der Waals surface area contributed by atoms with E-state index < -0.39 is 24.1 Å². The zero-order valence-corrected chi connectivity index (χ0v) is 9.61. The quantitative estimate of drug-likeness (QED) is 0.489. The number of hydrogen-bond donors (Lipinski definition) is 0. The highest BCUT2D eigenvalue weighted by molar-refractivity contribution is 5.89. The van der Waals surface area contributed by atoms with E-state index in [-0.39, 0.29) is 0 Å². The molecule has 0 aromatic heterocycles. The second-order valence-electron chi connectivity index (χ2n) is 2.94. The first-order valence-electron chi connectivity index (χ1n) is 5.01. The molecule has 0 saturated heterocycles. The van der Waals surface area contributed by atoms with Gasteiger partial charge in [-0.25, -0.2) is 9.59 Å². The van der Waals surface area contributed by atoms with Crippen molar-refractivity contribution < 1.29 is 23.8 Å². The first-order chi connectivity index (χ1) is 7.02. The fourth-order valence-corrected chi connectivity index (χ4v) is 0.901. The standard InChI is InChI=1S/C10H18O5/c1-5-13-7(3)9(11)15-10(12)8(4)14-6-2/h7-8H,5-6H2,1-4H3. The lowest BCUT2D eigenvalue weighted by atomic mass is 10.4. The molecule has 0 saturated carbocycles. The number of ether oxygens (including phenoxy) is 3. The molecule has 5 heteroatoms.